The van der Waals surface area contributed by atoms with Gasteiger partial charge in [0, 0.05) is 20.3 Å². The molecule has 0 radical (unpaired) electrons. The van der Waals surface area contributed by atoms with Crippen molar-refractivity contribution in [3.8, 4) is 33.5 Å². The highest BCUT2D eigenvalue weighted by Crippen LogP contribution is 2.34. The highest BCUT2D eigenvalue weighted by Gasteiger charge is 2.17. The maximum Gasteiger partial charge on any atom is 0.0708 e. The van der Waals surface area contributed by atoms with Crippen LogP contribution in [0.3, 0.4) is 0 Å². The van der Waals surface area contributed by atoms with Gasteiger partial charge in [-0.1, -0.05) is 99.9 Å². The summed E-state index contributed by atoms with van der Waals surface area (Å²) in [5.41, 5.74) is 7.19. The normalized spacial score (nSPS) is 14.2. The van der Waals surface area contributed by atoms with Crippen LogP contribution in [0.5, 0.6) is 0 Å². The van der Waals surface area contributed by atoms with E-state index in [1.807, 2.05) is 57.3 Å². The number of aromatic nitrogens is 1. The number of hydrogen-bond acceptors (Lipinski definition) is 1. The smallest absolute Gasteiger partial charge is 0.0708 e. The first-order valence-corrected chi connectivity index (χ1v) is 12.4. The van der Waals surface area contributed by atoms with Crippen molar-refractivity contribution < 1.29 is 5.48 Å². The van der Waals surface area contributed by atoms with Gasteiger partial charge in [-0.15, -0.1) is 0 Å². The molecule has 0 aliphatic heterocycles. The van der Waals surface area contributed by atoms with Crippen molar-refractivity contribution in [2.24, 2.45) is 0 Å². The van der Waals surface area contributed by atoms with Gasteiger partial charge in [0.25, 0.3) is 0 Å². The van der Waals surface area contributed by atoms with Crippen molar-refractivity contribution in [1.82, 2.24) is 4.98 Å². The zero-order valence-electron chi connectivity index (χ0n) is 24.8. The monoisotopic (exact) mass is 515 g/mol. The molecule has 1 heterocycles. The zero-order valence-corrected chi connectivity index (χ0v) is 22.3. The molecule has 1 aromatic heterocycles. The van der Waals surface area contributed by atoms with E-state index >= 15 is 0 Å². The van der Waals surface area contributed by atoms with Crippen LogP contribution in [0.25, 0.3) is 33.5 Å². The van der Waals surface area contributed by atoms with E-state index in [9.17, 15) is 0 Å². The lowest BCUT2D eigenvalue weighted by molar-refractivity contribution is 0.589. The lowest BCUT2D eigenvalue weighted by atomic mass is 9.84. The lowest BCUT2D eigenvalue weighted by Crippen LogP contribution is -2.11. The summed E-state index contributed by atoms with van der Waals surface area (Å²) in [6.45, 7) is 10.4. The van der Waals surface area contributed by atoms with Gasteiger partial charge in [-0.05, 0) is 87.0 Å². The zero-order chi connectivity index (χ0) is 28.0. The summed E-state index contributed by atoms with van der Waals surface area (Å²) < 4.78 is 34.2. The summed E-state index contributed by atoms with van der Waals surface area (Å²) in [7, 11) is 0. The molecular weight excluding hydrogens is 478 g/mol. The van der Waals surface area contributed by atoms with E-state index in [0.29, 0.717) is 5.56 Å². The lowest BCUT2D eigenvalue weighted by Gasteiger charge is -2.21. The first-order chi connectivity index (χ1) is 17.5. The Morgan fingerprint density at radius 3 is 2.03 bits per heavy atom. The average Bonchev–Trinajstić information content (AvgIpc) is 2.82. The Kier molecular flexibility index (Phi) is 5.27. The summed E-state index contributed by atoms with van der Waals surface area (Å²) >= 11 is 3.65. The van der Waals surface area contributed by atoms with Crippen molar-refractivity contribution in [2.45, 2.75) is 59.2 Å². The molecule has 2 heteroatoms. The number of rotatable bonds is 3. The molecule has 0 saturated carbocycles. The SMILES string of the molecule is [2H]c1cc(C(C)(C)C)cc(C([2H])([2H])[2H])c1-c1ccc(-c2ccnc(-c3cc(Br)cc(C(C)(C)C)c3)c2)cc1. The van der Waals surface area contributed by atoms with Crippen LogP contribution in [-0.2, 0) is 10.8 Å². The third-order valence-corrected chi connectivity index (χ3v) is 6.59. The van der Waals surface area contributed by atoms with Gasteiger partial charge in [-0.3, -0.25) is 4.98 Å². The van der Waals surface area contributed by atoms with Gasteiger partial charge in [0.15, 0.2) is 0 Å². The van der Waals surface area contributed by atoms with Crippen molar-refractivity contribution in [3.63, 3.8) is 0 Å². The molecule has 174 valence electrons. The van der Waals surface area contributed by atoms with E-state index in [0.717, 1.165) is 38.0 Å². The summed E-state index contributed by atoms with van der Waals surface area (Å²) in [6.07, 6.45) is 1.82. The quantitative estimate of drug-likeness (QED) is 0.264. The van der Waals surface area contributed by atoms with Crippen LogP contribution in [0.4, 0.5) is 0 Å². The van der Waals surface area contributed by atoms with Crippen LogP contribution in [-0.4, -0.2) is 4.98 Å². The predicted molar refractivity (Wildman–Crippen MR) is 150 cm³/mol. The summed E-state index contributed by atoms with van der Waals surface area (Å²) in [5.74, 6) is 0. The Morgan fingerprint density at radius 2 is 1.38 bits per heavy atom. The predicted octanol–water partition coefficient (Wildman–Crippen LogP) is 9.75. The van der Waals surface area contributed by atoms with Crippen LogP contribution in [0.1, 0.15) is 63.7 Å². The van der Waals surface area contributed by atoms with Gasteiger partial charge in [0.1, 0.15) is 0 Å². The third kappa shape index (κ3) is 5.33. The van der Waals surface area contributed by atoms with Gasteiger partial charge >= 0.3 is 0 Å². The van der Waals surface area contributed by atoms with Gasteiger partial charge in [0.2, 0.25) is 0 Å². The highest BCUT2D eigenvalue weighted by molar-refractivity contribution is 9.10. The fourth-order valence-corrected chi connectivity index (χ4v) is 4.43. The number of pyridine rings is 1. The number of nitrogens with zero attached hydrogens (tertiary/aromatic N) is 1. The standard InChI is InChI=1S/C32H34BrN/c1-21-16-26(31(2,3)4)12-13-29(21)23-10-8-22(9-11-23)24-14-15-34-30(19-24)25-17-27(32(5,6)7)20-28(33)18-25/h8-20H,1-7H3/i1D3,13D. The molecule has 0 unspecified atom stereocenters. The molecule has 3 aromatic carbocycles. The summed E-state index contributed by atoms with van der Waals surface area (Å²) in [6, 6.07) is 22.0. The summed E-state index contributed by atoms with van der Waals surface area (Å²) in [4.78, 5) is 4.63. The van der Waals surface area contributed by atoms with E-state index in [-0.39, 0.29) is 22.4 Å². The molecule has 0 fully saturated rings. The van der Waals surface area contributed by atoms with Crippen LogP contribution >= 0.6 is 15.9 Å². The second kappa shape index (κ2) is 9.15. The van der Waals surface area contributed by atoms with Crippen LogP contribution in [0.2, 0.25) is 0 Å². The molecule has 0 aliphatic rings. The molecule has 0 saturated heterocycles. The molecular formula is C32H34BrN. The summed E-state index contributed by atoms with van der Waals surface area (Å²) in [5, 5.41) is 0. The van der Waals surface area contributed by atoms with Gasteiger partial charge < -0.3 is 0 Å². The van der Waals surface area contributed by atoms with Crippen molar-refractivity contribution in [3.05, 3.63) is 100 Å². The van der Waals surface area contributed by atoms with Crippen molar-refractivity contribution in [1.29, 1.82) is 0 Å². The molecule has 34 heavy (non-hydrogen) atoms. The molecule has 0 amide bonds. The Balaban J connectivity index is 1.75. The fraction of sp³-hybridized carbons (Fsp3) is 0.281. The molecule has 0 N–H and O–H groups in total. The maximum atomic E-state index is 8.71. The van der Waals surface area contributed by atoms with Crippen LogP contribution in [0.15, 0.2) is 83.4 Å². The minimum Gasteiger partial charge on any atom is -0.256 e. The topological polar surface area (TPSA) is 12.9 Å². The Labute approximate surface area is 219 Å². The molecule has 0 aliphatic carbocycles. The minimum absolute atomic E-state index is 0.0152. The number of halogens is 1. The molecule has 0 spiro atoms. The molecule has 4 rings (SSSR count). The molecule has 0 bridgehead atoms. The van der Waals surface area contributed by atoms with Crippen molar-refractivity contribution >= 4 is 15.9 Å². The molecule has 1 nitrogen and oxygen atoms in total. The van der Waals surface area contributed by atoms with E-state index in [1.54, 1.807) is 12.1 Å². The average molecular weight is 517 g/mol. The Hall–Kier alpha value is -2.71. The van der Waals surface area contributed by atoms with E-state index in [2.05, 4.69) is 66.0 Å². The minimum atomic E-state index is -2.32. The van der Waals surface area contributed by atoms with Gasteiger partial charge in [-0.2, -0.15) is 0 Å². The number of hydrogen-bond donors (Lipinski definition) is 0. The Bertz CT molecular complexity index is 1470. The maximum absolute atomic E-state index is 8.71. The first-order valence-electron chi connectivity index (χ1n) is 13.6. The van der Waals surface area contributed by atoms with E-state index < -0.39 is 6.85 Å². The largest absolute Gasteiger partial charge is 0.256 e. The molecule has 4 aromatic rings. The first kappa shape index (κ1) is 19.6. The second-order valence-corrected chi connectivity index (χ2v) is 11.8. The third-order valence-electron chi connectivity index (χ3n) is 6.13. The van der Waals surface area contributed by atoms with Crippen LogP contribution in [0, 0.1) is 6.85 Å². The van der Waals surface area contributed by atoms with E-state index in [4.69, 9.17) is 5.48 Å². The Morgan fingerprint density at radius 1 is 0.706 bits per heavy atom. The van der Waals surface area contributed by atoms with Crippen LogP contribution < -0.4 is 0 Å². The number of aryl methyl sites for hydroxylation is 1. The fourth-order valence-electron chi connectivity index (χ4n) is 3.94. The highest BCUT2D eigenvalue weighted by atomic mass is 79.9. The molecule has 0 atom stereocenters. The second-order valence-electron chi connectivity index (χ2n) is 10.9. The van der Waals surface area contributed by atoms with Crippen molar-refractivity contribution in [2.75, 3.05) is 0 Å². The van der Waals surface area contributed by atoms with Gasteiger partial charge in [0.05, 0.1) is 7.06 Å². The number of benzene rings is 3. The van der Waals surface area contributed by atoms with Gasteiger partial charge in [-0.25, -0.2) is 0 Å². The van der Waals surface area contributed by atoms with E-state index in [1.165, 1.54) is 5.56 Å².